The molecule has 0 aromatic carbocycles. The van der Waals surface area contributed by atoms with Crippen molar-refractivity contribution >= 4 is 17.9 Å². The fraction of sp³-hybridized carbons (Fsp3) is 0.800. The minimum Gasteiger partial charge on any atom is -0.455 e. The average molecular weight is 304 g/mol. The van der Waals surface area contributed by atoms with Crippen LogP contribution in [-0.2, 0) is 23.8 Å². The molecule has 0 heterocycles. The van der Waals surface area contributed by atoms with Crippen molar-refractivity contribution in [1.82, 2.24) is 0 Å². The number of rotatable bonds is 8. The smallest absolute Gasteiger partial charge is 0.455 e. The highest BCUT2D eigenvalue weighted by atomic mass is 16.7. The van der Waals surface area contributed by atoms with Gasteiger partial charge in [-0.05, 0) is 20.3 Å². The SMILES string of the molecule is CCCCC.COC(=O)OCCCC(=O)OC(C)C(C)=O. The fourth-order valence-corrected chi connectivity index (χ4v) is 1.12. The van der Waals surface area contributed by atoms with E-state index >= 15 is 0 Å². The summed E-state index contributed by atoms with van der Waals surface area (Å²) in [7, 11) is 1.20. The Balaban J connectivity index is 0. The molecule has 0 N–H and O–H groups in total. The predicted molar refractivity (Wildman–Crippen MR) is 79.0 cm³/mol. The third-order valence-electron chi connectivity index (χ3n) is 2.50. The molecule has 0 bridgehead atoms. The summed E-state index contributed by atoms with van der Waals surface area (Å²) in [6.07, 6.45) is 2.99. The van der Waals surface area contributed by atoms with Crippen molar-refractivity contribution in [2.24, 2.45) is 0 Å². The van der Waals surface area contributed by atoms with Crippen molar-refractivity contribution in [2.75, 3.05) is 13.7 Å². The summed E-state index contributed by atoms with van der Waals surface area (Å²) < 4.78 is 13.6. The first-order valence-electron chi connectivity index (χ1n) is 7.29. The Hall–Kier alpha value is -1.59. The molecule has 6 heteroatoms. The summed E-state index contributed by atoms with van der Waals surface area (Å²) in [5.41, 5.74) is 0. The number of hydrogen-bond acceptors (Lipinski definition) is 6. The van der Waals surface area contributed by atoms with Crippen LogP contribution in [-0.4, -0.2) is 37.7 Å². The van der Waals surface area contributed by atoms with Gasteiger partial charge in [0.2, 0.25) is 0 Å². The number of ketones is 1. The standard InChI is InChI=1S/C10H16O6.C5H12/c1-7(11)8(2)16-9(12)5-4-6-15-10(13)14-3;1-3-5-4-2/h8H,4-6H2,1-3H3;3-5H2,1-2H3. The van der Waals surface area contributed by atoms with Crippen LogP contribution in [0.2, 0.25) is 0 Å². The van der Waals surface area contributed by atoms with Gasteiger partial charge in [-0.15, -0.1) is 0 Å². The first-order chi connectivity index (χ1) is 9.88. The van der Waals surface area contributed by atoms with Gasteiger partial charge in [0.15, 0.2) is 11.9 Å². The number of hydrogen-bond donors (Lipinski definition) is 0. The molecule has 0 fully saturated rings. The summed E-state index contributed by atoms with van der Waals surface area (Å²) in [4.78, 5) is 32.4. The Morgan fingerprint density at radius 1 is 1.05 bits per heavy atom. The van der Waals surface area contributed by atoms with Crippen molar-refractivity contribution in [1.29, 1.82) is 0 Å². The maximum Gasteiger partial charge on any atom is 0.507 e. The van der Waals surface area contributed by atoms with E-state index in [-0.39, 0.29) is 18.8 Å². The van der Waals surface area contributed by atoms with Crippen LogP contribution in [0.3, 0.4) is 0 Å². The lowest BCUT2D eigenvalue weighted by atomic mass is 10.3. The van der Waals surface area contributed by atoms with Crippen LogP contribution in [0.5, 0.6) is 0 Å². The maximum absolute atomic E-state index is 11.1. The van der Waals surface area contributed by atoms with Crippen LogP contribution < -0.4 is 0 Å². The molecule has 6 nitrogen and oxygen atoms in total. The average Bonchev–Trinajstić information content (AvgIpc) is 2.44. The fourth-order valence-electron chi connectivity index (χ4n) is 1.12. The topological polar surface area (TPSA) is 78.9 Å². The second kappa shape index (κ2) is 14.8. The van der Waals surface area contributed by atoms with Crippen LogP contribution in [0.25, 0.3) is 0 Å². The van der Waals surface area contributed by atoms with E-state index in [1.807, 2.05) is 0 Å². The molecule has 0 aromatic heterocycles. The van der Waals surface area contributed by atoms with Gasteiger partial charge in [0.05, 0.1) is 13.7 Å². The molecule has 0 spiro atoms. The van der Waals surface area contributed by atoms with Crippen molar-refractivity contribution in [2.45, 2.75) is 65.9 Å². The van der Waals surface area contributed by atoms with Gasteiger partial charge in [-0.1, -0.05) is 33.1 Å². The number of esters is 1. The van der Waals surface area contributed by atoms with Crippen LogP contribution in [0.15, 0.2) is 0 Å². The highest BCUT2D eigenvalue weighted by Crippen LogP contribution is 1.99. The Kier molecular flexibility index (Phi) is 15.3. The third kappa shape index (κ3) is 16.4. The zero-order valence-electron chi connectivity index (χ0n) is 13.8. The van der Waals surface area contributed by atoms with Crippen molar-refractivity contribution in [3.8, 4) is 0 Å². The molecule has 0 rings (SSSR count). The molecule has 1 atom stereocenters. The Labute approximate surface area is 127 Å². The molecule has 0 saturated carbocycles. The molecule has 0 amide bonds. The van der Waals surface area contributed by atoms with E-state index in [4.69, 9.17) is 4.74 Å². The lowest BCUT2D eigenvalue weighted by molar-refractivity contribution is -0.153. The van der Waals surface area contributed by atoms with E-state index in [2.05, 4.69) is 23.3 Å². The lowest BCUT2D eigenvalue weighted by Crippen LogP contribution is -2.21. The molecule has 0 aliphatic heterocycles. The molecule has 0 aliphatic rings. The van der Waals surface area contributed by atoms with Crippen LogP contribution in [0, 0.1) is 0 Å². The summed E-state index contributed by atoms with van der Waals surface area (Å²) in [5.74, 6) is -0.699. The minimum atomic E-state index is -0.787. The molecular formula is C15H28O6. The largest absolute Gasteiger partial charge is 0.507 e. The first kappa shape index (κ1) is 21.7. The quantitative estimate of drug-likeness (QED) is 0.506. The van der Waals surface area contributed by atoms with Crippen molar-refractivity contribution < 1.29 is 28.6 Å². The monoisotopic (exact) mass is 304 g/mol. The van der Waals surface area contributed by atoms with Crippen LogP contribution in [0.4, 0.5) is 4.79 Å². The molecule has 21 heavy (non-hydrogen) atoms. The van der Waals surface area contributed by atoms with Gasteiger partial charge in [-0.3, -0.25) is 9.59 Å². The number of unbranched alkanes of at least 4 members (excludes halogenated alkanes) is 2. The number of methoxy groups -OCH3 is 1. The summed E-state index contributed by atoms with van der Waals surface area (Å²) in [5, 5.41) is 0. The number of carbonyl (C=O) groups excluding carboxylic acids is 3. The highest BCUT2D eigenvalue weighted by molar-refractivity contribution is 5.83. The maximum atomic E-state index is 11.1. The highest BCUT2D eigenvalue weighted by Gasteiger charge is 2.13. The van der Waals surface area contributed by atoms with Gasteiger partial charge in [0.1, 0.15) is 0 Å². The van der Waals surface area contributed by atoms with E-state index < -0.39 is 18.2 Å². The molecule has 0 aromatic rings. The van der Waals surface area contributed by atoms with Crippen molar-refractivity contribution in [3.63, 3.8) is 0 Å². The predicted octanol–water partition coefficient (Wildman–Crippen LogP) is 3.27. The van der Waals surface area contributed by atoms with Gasteiger partial charge < -0.3 is 14.2 Å². The third-order valence-corrected chi connectivity index (χ3v) is 2.50. The van der Waals surface area contributed by atoms with E-state index in [9.17, 15) is 14.4 Å². The van der Waals surface area contributed by atoms with Gasteiger partial charge in [0.25, 0.3) is 0 Å². The van der Waals surface area contributed by atoms with Gasteiger partial charge in [0, 0.05) is 6.42 Å². The minimum absolute atomic E-state index is 0.0796. The lowest BCUT2D eigenvalue weighted by Gasteiger charge is -2.09. The normalized spacial score (nSPS) is 10.7. The summed E-state index contributed by atoms with van der Waals surface area (Å²) in [6, 6.07) is 0. The van der Waals surface area contributed by atoms with E-state index in [0.717, 1.165) is 0 Å². The van der Waals surface area contributed by atoms with E-state index in [1.54, 1.807) is 0 Å². The summed E-state index contributed by atoms with van der Waals surface area (Å²) >= 11 is 0. The van der Waals surface area contributed by atoms with E-state index in [1.165, 1.54) is 40.2 Å². The zero-order valence-corrected chi connectivity index (χ0v) is 13.8. The summed E-state index contributed by atoms with van der Waals surface area (Å²) in [6.45, 7) is 7.35. The Morgan fingerprint density at radius 2 is 1.62 bits per heavy atom. The van der Waals surface area contributed by atoms with Gasteiger partial charge in [-0.2, -0.15) is 0 Å². The van der Waals surface area contributed by atoms with Gasteiger partial charge >= 0.3 is 12.1 Å². The van der Waals surface area contributed by atoms with Crippen LogP contribution >= 0.6 is 0 Å². The first-order valence-corrected chi connectivity index (χ1v) is 7.29. The molecular weight excluding hydrogens is 276 g/mol. The number of Topliss-reactive ketones (excluding diaryl/α,β-unsaturated/α-hetero) is 1. The Bertz CT molecular complexity index is 299. The molecule has 124 valence electrons. The zero-order chi connectivity index (χ0) is 16.7. The molecule has 0 radical (unpaired) electrons. The second-order valence-corrected chi connectivity index (χ2v) is 4.50. The number of ether oxygens (including phenoxy) is 3. The Morgan fingerprint density at radius 3 is 2.00 bits per heavy atom. The number of carbonyl (C=O) groups is 3. The molecule has 0 saturated heterocycles. The van der Waals surface area contributed by atoms with E-state index in [0.29, 0.717) is 6.42 Å². The molecule has 1 unspecified atom stereocenters. The second-order valence-electron chi connectivity index (χ2n) is 4.50. The van der Waals surface area contributed by atoms with Crippen molar-refractivity contribution in [3.05, 3.63) is 0 Å². The molecule has 0 aliphatic carbocycles. The van der Waals surface area contributed by atoms with Crippen LogP contribution in [0.1, 0.15) is 59.8 Å². The van der Waals surface area contributed by atoms with Gasteiger partial charge in [-0.25, -0.2) is 4.79 Å².